The fourth-order valence-electron chi connectivity index (χ4n) is 2.37. The second-order valence-corrected chi connectivity index (χ2v) is 7.83. The molecular weight excluding hydrogens is 439 g/mol. The van der Waals surface area contributed by atoms with Crippen LogP contribution in [0, 0.1) is 0 Å². The summed E-state index contributed by atoms with van der Waals surface area (Å²) in [5.41, 5.74) is 6.86. The molecule has 0 saturated heterocycles. The highest BCUT2D eigenvalue weighted by Crippen LogP contribution is 2.27. The number of hydrogen-bond donors (Lipinski definition) is 0. The molecule has 0 amide bonds. The van der Waals surface area contributed by atoms with Gasteiger partial charge in [0.25, 0.3) is 0 Å². The van der Waals surface area contributed by atoms with E-state index < -0.39 is 20.7 Å². The predicted molar refractivity (Wildman–Crippen MR) is 111 cm³/mol. The van der Waals surface area contributed by atoms with Crippen LogP contribution < -0.4 is 0 Å². The third-order valence-corrected chi connectivity index (χ3v) is 6.10. The van der Waals surface area contributed by atoms with E-state index >= 15 is 0 Å². The summed E-state index contributed by atoms with van der Waals surface area (Å²) in [6.45, 7) is 3.64. The quantitative estimate of drug-likeness (QED) is 0.441. The van der Waals surface area contributed by atoms with Crippen LogP contribution in [0.15, 0.2) is 78.5 Å². The Bertz CT molecular complexity index is 1060. The molecule has 0 unspecified atom stereocenters. The molecule has 26 heavy (non-hydrogen) atoms. The Morgan fingerprint density at radius 2 is 1.88 bits per heavy atom. The van der Waals surface area contributed by atoms with Crippen molar-refractivity contribution in [2.45, 2.75) is 0 Å². The lowest BCUT2D eigenvalue weighted by molar-refractivity contribution is 0.344. The minimum Gasteiger partial charge on any atom is -0.349 e. The van der Waals surface area contributed by atoms with E-state index in [1.807, 2.05) is 42.5 Å². The minimum atomic E-state index is -0.600. The summed E-state index contributed by atoms with van der Waals surface area (Å²) in [4.78, 5) is 19.0. The lowest BCUT2D eigenvalue weighted by Gasteiger charge is -2.05. The van der Waals surface area contributed by atoms with E-state index in [-0.39, 0.29) is 0 Å². The summed E-state index contributed by atoms with van der Waals surface area (Å²) in [6.07, 6.45) is 6.93. The zero-order valence-electron chi connectivity index (χ0n) is 13.6. The van der Waals surface area contributed by atoms with Gasteiger partial charge < -0.3 is 4.84 Å². The molecule has 0 atom stereocenters. The first-order valence-electron chi connectivity index (χ1n) is 7.81. The first-order chi connectivity index (χ1) is 12.8. The average molecular weight is 452 g/mol. The van der Waals surface area contributed by atoms with Gasteiger partial charge in [0.05, 0.1) is 17.6 Å². The summed E-state index contributed by atoms with van der Waals surface area (Å²) in [6, 6.07) is 13.8. The summed E-state index contributed by atoms with van der Waals surface area (Å²) in [7, 11) is 0. The molecule has 0 radical (unpaired) electrons. The van der Waals surface area contributed by atoms with Crippen molar-refractivity contribution in [3.8, 4) is 11.3 Å². The van der Waals surface area contributed by atoms with Gasteiger partial charge in [-0.3, -0.25) is 9.97 Å². The Morgan fingerprint density at radius 3 is 2.65 bits per heavy atom. The van der Waals surface area contributed by atoms with E-state index in [1.165, 1.54) is 0 Å². The van der Waals surface area contributed by atoms with Crippen LogP contribution in [0.1, 0.15) is 17.0 Å². The molecule has 0 N–H and O–H groups in total. The van der Waals surface area contributed by atoms with Crippen LogP contribution in [0.5, 0.6) is 0 Å². The van der Waals surface area contributed by atoms with Crippen LogP contribution in [-0.4, -0.2) is 22.4 Å². The van der Waals surface area contributed by atoms with Crippen molar-refractivity contribution < 1.29 is 4.84 Å². The SMILES string of the molecule is C=C=Cc1ncc(-c2cccnc2)nc1C1=NOC(c2ccccc2)=I1. The number of oxime groups is 1. The molecule has 5 nitrogen and oxygen atoms in total. The van der Waals surface area contributed by atoms with E-state index in [4.69, 9.17) is 9.82 Å². The number of nitrogens with zero attached hydrogens (tertiary/aromatic N) is 4. The van der Waals surface area contributed by atoms with Gasteiger partial charge in [-0.05, 0) is 32.9 Å². The Balaban J connectivity index is 1.77. The first-order valence-corrected chi connectivity index (χ1v) is 9.97. The monoisotopic (exact) mass is 452 g/mol. The minimum absolute atomic E-state index is 0.600. The van der Waals surface area contributed by atoms with Crippen molar-refractivity contribution in [2.75, 3.05) is 0 Å². The molecular formula is C20H13IN4O. The van der Waals surface area contributed by atoms with Crippen molar-refractivity contribution in [3.05, 3.63) is 90.3 Å². The molecule has 0 fully saturated rings. The van der Waals surface area contributed by atoms with Gasteiger partial charge in [0.2, 0.25) is 0 Å². The Hall–Kier alpha value is -2.96. The lowest BCUT2D eigenvalue weighted by Crippen LogP contribution is -2.03. The molecule has 3 heterocycles. The number of aromatic nitrogens is 3. The molecule has 6 heteroatoms. The molecule has 0 aliphatic carbocycles. The molecule has 0 bridgehead atoms. The number of pyridine rings is 1. The summed E-state index contributed by atoms with van der Waals surface area (Å²) in [5.74, 6) is 0. The second kappa shape index (κ2) is 7.51. The van der Waals surface area contributed by atoms with Gasteiger partial charge in [0.15, 0.2) is 7.41 Å². The van der Waals surface area contributed by atoms with E-state index in [9.17, 15) is 0 Å². The third-order valence-electron chi connectivity index (χ3n) is 3.57. The van der Waals surface area contributed by atoms with Gasteiger partial charge in [-0.15, -0.1) is 5.73 Å². The smallest absolute Gasteiger partial charge is 0.198 e. The van der Waals surface area contributed by atoms with E-state index in [0.29, 0.717) is 11.4 Å². The van der Waals surface area contributed by atoms with Gasteiger partial charge in [-0.2, -0.15) is 0 Å². The Kier molecular flexibility index (Phi) is 4.77. The number of rotatable bonds is 4. The Morgan fingerprint density at radius 1 is 1.04 bits per heavy atom. The van der Waals surface area contributed by atoms with Crippen molar-refractivity contribution in [1.29, 1.82) is 0 Å². The molecule has 1 aliphatic heterocycles. The fourth-order valence-corrected chi connectivity index (χ4v) is 4.55. The van der Waals surface area contributed by atoms with Crippen LogP contribution in [0.3, 0.4) is 0 Å². The highest BCUT2D eigenvalue weighted by Gasteiger charge is 2.20. The normalized spacial score (nSPS) is 12.9. The topological polar surface area (TPSA) is 60.3 Å². The standard InChI is InChI=1S/C20H13IN4O/c1-2-7-16-18(24-17(13-23-16)15-10-6-11-22-12-15)19-21-20(26-25-19)14-8-4-3-5-9-14/h3-13H,1H2. The highest BCUT2D eigenvalue weighted by molar-refractivity contribution is 14.2. The van der Waals surface area contributed by atoms with E-state index in [2.05, 4.69) is 27.4 Å². The first kappa shape index (κ1) is 16.5. The van der Waals surface area contributed by atoms with Gasteiger partial charge in [-0.25, -0.2) is 4.98 Å². The zero-order chi connectivity index (χ0) is 17.8. The van der Waals surface area contributed by atoms with Crippen molar-refractivity contribution in [1.82, 2.24) is 15.0 Å². The van der Waals surface area contributed by atoms with Crippen LogP contribution in [0.25, 0.3) is 17.3 Å². The van der Waals surface area contributed by atoms with E-state index in [1.54, 1.807) is 24.7 Å². The summed E-state index contributed by atoms with van der Waals surface area (Å²) in [5, 5.41) is 4.28. The van der Waals surface area contributed by atoms with Gasteiger partial charge in [0, 0.05) is 29.6 Å². The molecule has 0 spiro atoms. The van der Waals surface area contributed by atoms with Crippen LogP contribution in [-0.2, 0) is 4.84 Å². The molecule has 2 aromatic heterocycles. The molecule has 0 saturated carbocycles. The van der Waals surface area contributed by atoms with Gasteiger partial charge in [-0.1, -0.05) is 42.1 Å². The van der Waals surface area contributed by atoms with Crippen LogP contribution in [0.2, 0.25) is 0 Å². The van der Waals surface area contributed by atoms with Crippen LogP contribution in [0.4, 0.5) is 0 Å². The lowest BCUT2D eigenvalue weighted by atomic mass is 10.2. The van der Waals surface area contributed by atoms with Crippen LogP contribution >= 0.6 is 20.7 Å². The second-order valence-electron chi connectivity index (χ2n) is 5.29. The fraction of sp³-hybridized carbons (Fsp3) is 0. The predicted octanol–water partition coefficient (Wildman–Crippen LogP) is 4.18. The van der Waals surface area contributed by atoms with Crippen molar-refractivity contribution in [3.63, 3.8) is 0 Å². The molecule has 126 valence electrons. The average Bonchev–Trinajstić information content (AvgIpc) is 3.20. The van der Waals surface area contributed by atoms with Gasteiger partial charge in [0.1, 0.15) is 5.69 Å². The summed E-state index contributed by atoms with van der Waals surface area (Å²) < 4.78 is 1.74. The van der Waals surface area contributed by atoms with E-state index in [0.717, 1.165) is 24.2 Å². The largest absolute Gasteiger partial charge is 0.349 e. The highest BCUT2D eigenvalue weighted by atomic mass is 127. The number of hydrogen-bond acceptors (Lipinski definition) is 5. The van der Waals surface area contributed by atoms with Crippen molar-refractivity contribution in [2.24, 2.45) is 5.16 Å². The third kappa shape index (κ3) is 3.37. The van der Waals surface area contributed by atoms with Gasteiger partial charge >= 0.3 is 0 Å². The maximum Gasteiger partial charge on any atom is 0.198 e. The Labute approximate surface area is 160 Å². The summed E-state index contributed by atoms with van der Waals surface area (Å²) >= 11 is -0.600. The zero-order valence-corrected chi connectivity index (χ0v) is 15.8. The molecule has 4 rings (SSSR count). The number of benzene rings is 1. The number of halogens is 1. The molecule has 1 aromatic carbocycles. The molecule has 3 aromatic rings. The maximum atomic E-state index is 5.61. The maximum absolute atomic E-state index is 5.61. The molecule has 1 aliphatic rings. The van der Waals surface area contributed by atoms with Crippen molar-refractivity contribution >= 4 is 34.2 Å².